The fourth-order valence-electron chi connectivity index (χ4n) is 3.43. The van der Waals surface area contributed by atoms with Crippen LogP contribution < -0.4 is 9.47 Å². The van der Waals surface area contributed by atoms with Crippen LogP contribution in [0.15, 0.2) is 32.7 Å². The zero-order valence-electron chi connectivity index (χ0n) is 22.4. The molecule has 180 valence electrons. The zero-order chi connectivity index (χ0) is 24.9. The van der Waals surface area contributed by atoms with Crippen molar-refractivity contribution in [3.8, 4) is 11.5 Å². The molecule has 2 aromatic carbocycles. The molecule has 3 aromatic rings. The third kappa shape index (κ3) is 6.04. The Labute approximate surface area is 195 Å². The third-order valence-corrected chi connectivity index (χ3v) is 5.82. The van der Waals surface area contributed by atoms with Crippen molar-refractivity contribution in [2.45, 2.75) is 80.1 Å². The van der Waals surface area contributed by atoms with E-state index in [0.29, 0.717) is 0 Å². The Morgan fingerprint density at radius 3 is 1.19 bits per heavy atom. The number of ether oxygens (including phenoxy) is 2. The van der Waals surface area contributed by atoms with E-state index in [9.17, 15) is 0 Å². The van der Waals surface area contributed by atoms with Crippen LogP contribution in [0.4, 0.5) is 0 Å². The summed E-state index contributed by atoms with van der Waals surface area (Å²) in [5.74, 6) is 1.61. The summed E-state index contributed by atoms with van der Waals surface area (Å²) in [6, 6.07) is 8.20. The molecule has 0 spiro atoms. The molecule has 0 saturated heterocycles. The van der Waals surface area contributed by atoms with E-state index in [4.69, 9.17) is 17.9 Å². The summed E-state index contributed by atoms with van der Waals surface area (Å²) in [6.45, 7) is 23.1. The summed E-state index contributed by atoms with van der Waals surface area (Å²) >= 11 is 0. The first-order valence-corrected chi connectivity index (χ1v) is 13.1. The number of aryl methyl sites for hydroxylation is 1. The van der Waals surface area contributed by atoms with Crippen LogP contribution >= 0.6 is 8.01 Å². The van der Waals surface area contributed by atoms with Gasteiger partial charge in [-0.2, -0.15) is 0 Å². The molecule has 0 amide bonds. The summed E-state index contributed by atoms with van der Waals surface area (Å²) < 4.78 is 24.0. The first kappa shape index (κ1) is 28.0. The number of hydrogen-bond acceptors (Lipinski definition) is 4. The highest BCUT2D eigenvalue weighted by Crippen LogP contribution is 2.44. The van der Waals surface area contributed by atoms with E-state index in [-0.39, 0.29) is 10.8 Å². The van der Waals surface area contributed by atoms with Crippen LogP contribution in [0.3, 0.4) is 0 Å². The van der Waals surface area contributed by atoms with Gasteiger partial charge in [0.2, 0.25) is 8.01 Å². The third-order valence-electron chi connectivity index (χ3n) is 4.94. The van der Waals surface area contributed by atoms with Gasteiger partial charge in [0.15, 0.2) is 0 Å². The fraction of sp³-hybridized carbons (Fsp3) is 0.556. The van der Waals surface area contributed by atoms with Crippen LogP contribution in [-0.4, -0.2) is 14.2 Å². The Balaban J connectivity index is 0.00000121. The standard InChI is InChI=1S/C23H31O4P.2C2H6/c1-22(2,3)18-12-14(24-7)10-16-17-11-15(25-8)13-19(23(4,5)6)21(17)27-28(9)26-20(16)18;2*1-2/h10-13H,1-9H3;2*1-2H3. The van der Waals surface area contributed by atoms with Crippen molar-refractivity contribution in [1.29, 1.82) is 0 Å². The molecule has 0 fully saturated rings. The SMILES string of the molecule is CC.CC.COc1cc(C(C)(C)C)c2op(C)oc3c(C(C)(C)C)cc(OC)cc3c2c1. The molecule has 0 aliphatic carbocycles. The van der Waals surface area contributed by atoms with Crippen molar-refractivity contribution in [2.24, 2.45) is 6.66 Å². The number of benzene rings is 2. The van der Waals surface area contributed by atoms with Gasteiger partial charge in [0.1, 0.15) is 22.7 Å². The van der Waals surface area contributed by atoms with Gasteiger partial charge in [-0.05, 0) is 35.1 Å². The molecule has 32 heavy (non-hydrogen) atoms. The van der Waals surface area contributed by atoms with Gasteiger partial charge in [-0.15, -0.1) is 0 Å². The maximum absolute atomic E-state index is 6.38. The molecule has 0 unspecified atom stereocenters. The van der Waals surface area contributed by atoms with E-state index < -0.39 is 8.01 Å². The smallest absolute Gasteiger partial charge is 0.213 e. The van der Waals surface area contributed by atoms with Crippen molar-refractivity contribution in [2.75, 3.05) is 14.2 Å². The first-order chi connectivity index (χ1) is 15.0. The molecule has 0 saturated carbocycles. The molecule has 0 atom stereocenters. The maximum atomic E-state index is 6.38. The molecular weight excluding hydrogens is 419 g/mol. The summed E-state index contributed by atoms with van der Waals surface area (Å²) in [5.41, 5.74) is 3.74. The summed E-state index contributed by atoms with van der Waals surface area (Å²) in [4.78, 5) is 0. The van der Waals surface area contributed by atoms with Crippen LogP contribution in [0, 0.1) is 0 Å². The lowest BCUT2D eigenvalue weighted by atomic mass is 9.84. The monoisotopic (exact) mass is 462 g/mol. The molecule has 1 heterocycles. The van der Waals surface area contributed by atoms with Gasteiger partial charge in [0.25, 0.3) is 0 Å². The van der Waals surface area contributed by atoms with Gasteiger partial charge < -0.3 is 17.9 Å². The van der Waals surface area contributed by atoms with Gasteiger partial charge in [-0.25, -0.2) is 0 Å². The first-order valence-electron chi connectivity index (χ1n) is 11.5. The Morgan fingerprint density at radius 2 is 0.938 bits per heavy atom. The molecule has 0 bridgehead atoms. The van der Waals surface area contributed by atoms with E-state index in [2.05, 4.69) is 53.7 Å². The Kier molecular flexibility index (Phi) is 9.78. The quantitative estimate of drug-likeness (QED) is 0.380. The predicted molar refractivity (Wildman–Crippen MR) is 141 cm³/mol. The van der Waals surface area contributed by atoms with Crippen molar-refractivity contribution in [3.05, 3.63) is 35.4 Å². The fourth-order valence-corrected chi connectivity index (χ4v) is 4.37. The average Bonchev–Trinajstić information content (AvgIpc) is 2.88. The molecule has 0 aliphatic rings. The van der Waals surface area contributed by atoms with Crippen molar-refractivity contribution in [3.63, 3.8) is 0 Å². The highest BCUT2D eigenvalue weighted by atomic mass is 31.1. The van der Waals surface area contributed by atoms with Gasteiger partial charge in [-0.1, -0.05) is 69.2 Å². The van der Waals surface area contributed by atoms with Crippen LogP contribution in [0.1, 0.15) is 80.4 Å². The molecule has 0 N–H and O–H groups in total. The van der Waals surface area contributed by atoms with Crippen molar-refractivity contribution in [1.82, 2.24) is 0 Å². The normalized spacial score (nSPS) is 11.3. The minimum absolute atomic E-state index is 0.106. The Bertz CT molecular complexity index is 983. The second kappa shape index (κ2) is 11.2. The number of methoxy groups -OCH3 is 2. The minimum Gasteiger partial charge on any atom is -0.497 e. The second-order valence-corrected chi connectivity index (χ2v) is 10.5. The molecule has 5 heteroatoms. The zero-order valence-corrected chi connectivity index (χ0v) is 23.3. The lowest BCUT2D eigenvalue weighted by molar-refractivity contribution is 0.413. The molecule has 0 aliphatic heterocycles. The van der Waals surface area contributed by atoms with Crippen molar-refractivity contribution >= 4 is 30.0 Å². The highest BCUT2D eigenvalue weighted by molar-refractivity contribution is 7.35. The van der Waals surface area contributed by atoms with Gasteiger partial charge >= 0.3 is 0 Å². The van der Waals surface area contributed by atoms with Gasteiger partial charge in [-0.3, -0.25) is 0 Å². The Morgan fingerprint density at radius 1 is 0.625 bits per heavy atom. The van der Waals surface area contributed by atoms with E-state index in [0.717, 1.165) is 44.6 Å². The van der Waals surface area contributed by atoms with Crippen LogP contribution in [0.2, 0.25) is 0 Å². The van der Waals surface area contributed by atoms with Gasteiger partial charge in [0, 0.05) is 28.6 Å². The van der Waals surface area contributed by atoms with E-state index in [1.165, 1.54) is 0 Å². The highest BCUT2D eigenvalue weighted by Gasteiger charge is 2.25. The lowest BCUT2D eigenvalue weighted by Crippen LogP contribution is -2.12. The number of fused-ring (bicyclic) bond motifs is 3. The lowest BCUT2D eigenvalue weighted by Gasteiger charge is -2.21. The van der Waals surface area contributed by atoms with Gasteiger partial charge in [0.05, 0.1) is 14.2 Å². The van der Waals surface area contributed by atoms with Crippen LogP contribution in [-0.2, 0) is 17.5 Å². The summed E-state index contributed by atoms with van der Waals surface area (Å²) in [7, 11) is 2.27. The molecule has 3 rings (SSSR count). The topological polar surface area (TPSA) is 44.7 Å². The van der Waals surface area contributed by atoms with E-state index >= 15 is 0 Å². The largest absolute Gasteiger partial charge is 0.497 e. The minimum atomic E-state index is -1.13. The Hall–Kier alpha value is -2.06. The number of hydrogen-bond donors (Lipinski definition) is 0. The molecule has 1 aromatic heterocycles. The maximum Gasteiger partial charge on any atom is 0.213 e. The molecule has 0 radical (unpaired) electrons. The van der Waals surface area contributed by atoms with E-state index in [1.807, 2.05) is 46.5 Å². The average molecular weight is 463 g/mol. The van der Waals surface area contributed by atoms with Crippen molar-refractivity contribution < 1.29 is 17.9 Å². The molecular formula is C27H43O4P. The summed E-state index contributed by atoms with van der Waals surface area (Å²) in [6.07, 6.45) is 0. The second-order valence-electron chi connectivity index (χ2n) is 9.23. The number of rotatable bonds is 2. The summed E-state index contributed by atoms with van der Waals surface area (Å²) in [5, 5.41) is 1.96. The van der Waals surface area contributed by atoms with E-state index in [1.54, 1.807) is 14.2 Å². The van der Waals surface area contributed by atoms with Crippen LogP contribution in [0.25, 0.3) is 21.9 Å². The predicted octanol–water partition coefficient (Wildman–Crippen LogP) is 9.49. The van der Waals surface area contributed by atoms with Crippen LogP contribution in [0.5, 0.6) is 11.5 Å². The molecule has 4 nitrogen and oxygen atoms in total.